The summed E-state index contributed by atoms with van der Waals surface area (Å²) >= 11 is 0. The second-order valence-corrected chi connectivity index (χ2v) is 6.60. The Morgan fingerprint density at radius 1 is 1.29 bits per heavy atom. The summed E-state index contributed by atoms with van der Waals surface area (Å²) in [6, 6.07) is 7.76. The van der Waals surface area contributed by atoms with Gasteiger partial charge in [-0.2, -0.15) is 0 Å². The highest BCUT2D eigenvalue weighted by Gasteiger charge is 2.49. The first-order valence-electron chi connectivity index (χ1n) is 9.17. The number of amides is 1. The largest absolute Gasteiger partial charge is 0.441 e. The van der Waals surface area contributed by atoms with Crippen molar-refractivity contribution in [3.05, 3.63) is 42.3 Å². The van der Waals surface area contributed by atoms with Crippen LogP contribution in [0.2, 0.25) is 0 Å². The van der Waals surface area contributed by atoms with Crippen molar-refractivity contribution in [2.45, 2.75) is 31.3 Å². The fourth-order valence-corrected chi connectivity index (χ4v) is 3.42. The van der Waals surface area contributed by atoms with E-state index in [-0.39, 0.29) is 30.7 Å². The van der Waals surface area contributed by atoms with Gasteiger partial charge in [0.2, 0.25) is 5.95 Å². The molecule has 1 aromatic heterocycles. The van der Waals surface area contributed by atoms with E-state index in [0.717, 1.165) is 0 Å². The zero-order chi connectivity index (χ0) is 19.5. The Bertz CT molecular complexity index is 852. The van der Waals surface area contributed by atoms with E-state index in [1.807, 2.05) is 6.92 Å². The van der Waals surface area contributed by atoms with E-state index >= 15 is 0 Å². The SMILES string of the molecule is CCNC(=O)O[C@H]1CO[C@@H]2[C@@H]1OC[C@@H]2Nc1nccc(-c2cccc(F)c2)n1. The molecule has 4 atom stereocenters. The van der Waals surface area contributed by atoms with Gasteiger partial charge in [-0.1, -0.05) is 12.1 Å². The van der Waals surface area contributed by atoms with Crippen molar-refractivity contribution in [1.82, 2.24) is 15.3 Å². The van der Waals surface area contributed by atoms with E-state index in [1.54, 1.807) is 24.4 Å². The molecule has 3 heterocycles. The predicted molar refractivity (Wildman–Crippen MR) is 98.3 cm³/mol. The van der Waals surface area contributed by atoms with E-state index in [9.17, 15) is 9.18 Å². The minimum Gasteiger partial charge on any atom is -0.441 e. The van der Waals surface area contributed by atoms with Gasteiger partial charge in [0, 0.05) is 18.3 Å². The number of carbonyl (C=O) groups is 1. The number of nitrogens with zero attached hydrogens (tertiary/aromatic N) is 2. The summed E-state index contributed by atoms with van der Waals surface area (Å²) in [5.74, 6) is 0.0721. The van der Waals surface area contributed by atoms with Gasteiger partial charge in [0.1, 0.15) is 18.0 Å². The lowest BCUT2D eigenvalue weighted by molar-refractivity contribution is 0.00462. The molecule has 148 valence electrons. The molecule has 2 aromatic rings. The maximum atomic E-state index is 13.5. The zero-order valence-corrected chi connectivity index (χ0v) is 15.3. The van der Waals surface area contributed by atoms with Crippen LogP contribution in [-0.2, 0) is 14.2 Å². The van der Waals surface area contributed by atoms with Crippen molar-refractivity contribution >= 4 is 12.0 Å². The first kappa shape index (κ1) is 18.6. The maximum Gasteiger partial charge on any atom is 0.407 e. The van der Waals surface area contributed by atoms with Crippen molar-refractivity contribution in [1.29, 1.82) is 0 Å². The van der Waals surface area contributed by atoms with Gasteiger partial charge in [-0.3, -0.25) is 0 Å². The van der Waals surface area contributed by atoms with Gasteiger partial charge in [0.15, 0.2) is 6.10 Å². The molecule has 1 amide bonds. The molecular weight excluding hydrogens is 367 g/mol. The number of carbonyl (C=O) groups excluding carboxylic acids is 1. The van der Waals surface area contributed by atoms with E-state index in [2.05, 4.69) is 20.6 Å². The topological polar surface area (TPSA) is 94.6 Å². The number of anilines is 1. The molecular formula is C19H21FN4O4. The van der Waals surface area contributed by atoms with E-state index < -0.39 is 12.2 Å². The van der Waals surface area contributed by atoms with Gasteiger partial charge < -0.3 is 24.8 Å². The third kappa shape index (κ3) is 3.90. The second-order valence-electron chi connectivity index (χ2n) is 6.60. The standard InChI is InChI=1S/C19H21FN4O4/c1-2-21-19(25)28-15-10-27-16-14(9-26-17(15)16)24-18-22-7-6-13(23-18)11-4-3-5-12(20)8-11/h3-8,14-17H,2,9-10H2,1H3,(H,21,25)(H,22,23,24)/t14-,15-,16-,17+/m0/s1. The zero-order valence-electron chi connectivity index (χ0n) is 15.3. The molecule has 2 aliphatic heterocycles. The van der Waals surface area contributed by atoms with Gasteiger partial charge >= 0.3 is 6.09 Å². The van der Waals surface area contributed by atoms with Crippen LogP contribution >= 0.6 is 0 Å². The monoisotopic (exact) mass is 388 g/mol. The molecule has 28 heavy (non-hydrogen) atoms. The minimum atomic E-state index is -0.483. The number of nitrogens with one attached hydrogen (secondary N) is 2. The molecule has 0 spiro atoms. The van der Waals surface area contributed by atoms with Gasteiger partial charge in [0.25, 0.3) is 0 Å². The Morgan fingerprint density at radius 2 is 2.14 bits per heavy atom. The lowest BCUT2D eigenvalue weighted by Crippen LogP contribution is -2.39. The molecule has 9 heteroatoms. The summed E-state index contributed by atoms with van der Waals surface area (Å²) in [5, 5.41) is 5.81. The third-order valence-corrected chi connectivity index (χ3v) is 4.68. The van der Waals surface area contributed by atoms with Gasteiger partial charge in [0.05, 0.1) is 24.9 Å². The fraction of sp³-hybridized carbons (Fsp3) is 0.421. The number of fused-ring (bicyclic) bond motifs is 1. The number of hydrogen-bond donors (Lipinski definition) is 2. The molecule has 2 aliphatic rings. The van der Waals surface area contributed by atoms with E-state index in [0.29, 0.717) is 30.4 Å². The molecule has 2 fully saturated rings. The fourth-order valence-electron chi connectivity index (χ4n) is 3.42. The van der Waals surface area contributed by atoms with Gasteiger partial charge in [-0.05, 0) is 25.1 Å². The number of rotatable bonds is 5. The van der Waals surface area contributed by atoms with Crippen molar-refractivity contribution in [3.8, 4) is 11.3 Å². The molecule has 0 radical (unpaired) electrons. The van der Waals surface area contributed by atoms with Crippen LogP contribution in [0, 0.1) is 5.82 Å². The molecule has 0 bridgehead atoms. The van der Waals surface area contributed by atoms with Crippen molar-refractivity contribution in [2.75, 3.05) is 25.1 Å². The highest BCUT2D eigenvalue weighted by molar-refractivity contribution is 5.67. The average Bonchev–Trinajstić information content (AvgIpc) is 3.26. The molecule has 4 rings (SSSR count). The summed E-state index contributed by atoms with van der Waals surface area (Å²) in [5.41, 5.74) is 1.27. The molecule has 2 saturated heterocycles. The maximum absolute atomic E-state index is 13.5. The van der Waals surface area contributed by atoms with Crippen LogP contribution in [0.4, 0.5) is 15.1 Å². The Balaban J connectivity index is 1.42. The summed E-state index contributed by atoms with van der Waals surface area (Å²) in [7, 11) is 0. The van der Waals surface area contributed by atoms with Gasteiger partial charge in [-0.25, -0.2) is 19.2 Å². The molecule has 0 unspecified atom stereocenters. The number of halogens is 1. The number of ether oxygens (including phenoxy) is 3. The highest BCUT2D eigenvalue weighted by atomic mass is 19.1. The third-order valence-electron chi connectivity index (χ3n) is 4.68. The van der Waals surface area contributed by atoms with Crippen LogP contribution in [0.5, 0.6) is 0 Å². The first-order chi connectivity index (χ1) is 13.6. The lowest BCUT2D eigenvalue weighted by Gasteiger charge is -2.18. The molecule has 8 nitrogen and oxygen atoms in total. The summed E-state index contributed by atoms with van der Waals surface area (Å²) < 4.78 is 30.4. The number of aromatic nitrogens is 2. The minimum absolute atomic E-state index is 0.185. The van der Waals surface area contributed by atoms with Crippen LogP contribution in [0.3, 0.4) is 0 Å². The summed E-state index contributed by atoms with van der Waals surface area (Å²) in [6.45, 7) is 2.96. The number of alkyl carbamates (subject to hydrolysis) is 1. The molecule has 2 N–H and O–H groups in total. The van der Waals surface area contributed by atoms with Crippen molar-refractivity contribution < 1.29 is 23.4 Å². The van der Waals surface area contributed by atoms with Crippen molar-refractivity contribution in [2.24, 2.45) is 0 Å². The Morgan fingerprint density at radius 3 is 2.96 bits per heavy atom. The summed E-state index contributed by atoms with van der Waals surface area (Å²) in [6.07, 6.45) is 0.0532. The van der Waals surface area contributed by atoms with Crippen LogP contribution in [-0.4, -0.2) is 60.2 Å². The van der Waals surface area contributed by atoms with Crippen molar-refractivity contribution in [3.63, 3.8) is 0 Å². The molecule has 0 saturated carbocycles. The van der Waals surface area contributed by atoms with Crippen LogP contribution < -0.4 is 10.6 Å². The molecule has 1 aromatic carbocycles. The number of benzene rings is 1. The van der Waals surface area contributed by atoms with Gasteiger partial charge in [-0.15, -0.1) is 0 Å². The average molecular weight is 388 g/mol. The normalized spacial score (nSPS) is 25.9. The highest BCUT2D eigenvalue weighted by Crippen LogP contribution is 2.30. The second kappa shape index (κ2) is 8.07. The first-order valence-corrected chi connectivity index (χ1v) is 9.17. The van der Waals surface area contributed by atoms with E-state index in [4.69, 9.17) is 14.2 Å². The lowest BCUT2D eigenvalue weighted by atomic mass is 10.1. The smallest absolute Gasteiger partial charge is 0.407 e. The van der Waals surface area contributed by atoms with E-state index in [1.165, 1.54) is 12.1 Å². The summed E-state index contributed by atoms with van der Waals surface area (Å²) in [4.78, 5) is 20.3. The number of hydrogen-bond acceptors (Lipinski definition) is 7. The Labute approximate surface area is 161 Å². The Kier molecular flexibility index (Phi) is 5.36. The van der Waals surface area contributed by atoms with Crippen LogP contribution in [0.1, 0.15) is 6.92 Å². The van der Waals surface area contributed by atoms with Crippen LogP contribution in [0.15, 0.2) is 36.5 Å². The van der Waals surface area contributed by atoms with Crippen LogP contribution in [0.25, 0.3) is 11.3 Å². The predicted octanol–water partition coefficient (Wildman–Crippen LogP) is 1.98. The Hall–Kier alpha value is -2.78. The quantitative estimate of drug-likeness (QED) is 0.809. The molecule has 0 aliphatic carbocycles.